The Morgan fingerprint density at radius 2 is 2.18 bits per heavy atom. The van der Waals surface area contributed by atoms with Crippen molar-refractivity contribution in [3.8, 4) is 0 Å². The van der Waals surface area contributed by atoms with Crippen molar-refractivity contribution in [1.82, 2.24) is 4.98 Å². The summed E-state index contributed by atoms with van der Waals surface area (Å²) in [6, 6.07) is 0.676. The Morgan fingerprint density at radius 1 is 1.53 bits per heavy atom. The molecule has 1 rings (SSSR count). The van der Waals surface area contributed by atoms with Gasteiger partial charge in [0.05, 0.1) is 18.6 Å². The maximum absolute atomic E-state index is 12.9. The lowest BCUT2D eigenvalue weighted by Crippen LogP contribution is -2.20. The Balaban J connectivity index is 3.04. The molecule has 7 heteroatoms. The molecule has 0 unspecified atom stereocenters. The van der Waals surface area contributed by atoms with E-state index in [0.717, 1.165) is 0 Å². The third kappa shape index (κ3) is 3.33. The number of aromatic nitrogens is 1. The van der Waals surface area contributed by atoms with E-state index in [4.69, 9.17) is 0 Å². The second-order valence-corrected chi connectivity index (χ2v) is 3.18. The molecule has 1 aromatic rings. The number of carbonyl (C=O) groups excluding carboxylic acids is 1. The fourth-order valence-corrected chi connectivity index (χ4v) is 1.23. The molecule has 1 heterocycles. The molecule has 0 bridgehead atoms. The van der Waals surface area contributed by atoms with E-state index in [-0.39, 0.29) is 12.2 Å². The van der Waals surface area contributed by atoms with Gasteiger partial charge in [-0.15, -0.1) is 0 Å². The summed E-state index contributed by atoms with van der Waals surface area (Å²) in [6.45, 7) is 1.68. The normalized spacial score (nSPS) is 10.6. The Bertz CT molecular complexity index is 470. The summed E-state index contributed by atoms with van der Waals surface area (Å²) in [4.78, 5) is 23.9. The van der Waals surface area contributed by atoms with Crippen LogP contribution in [-0.4, -0.2) is 17.6 Å². The predicted molar refractivity (Wildman–Crippen MR) is 52.3 cm³/mol. The summed E-state index contributed by atoms with van der Waals surface area (Å²) < 4.78 is 42.2. The van der Waals surface area contributed by atoms with Gasteiger partial charge in [0.15, 0.2) is 0 Å². The van der Waals surface area contributed by atoms with Crippen LogP contribution in [0, 0.1) is 5.95 Å². The summed E-state index contributed by atoms with van der Waals surface area (Å²) in [6.07, 6.45) is -3.53. The smallest absolute Gasteiger partial charge is 0.310 e. The lowest BCUT2D eigenvalue weighted by atomic mass is 10.1. The van der Waals surface area contributed by atoms with Crippen LogP contribution in [0.1, 0.15) is 24.5 Å². The second kappa shape index (κ2) is 5.51. The summed E-state index contributed by atoms with van der Waals surface area (Å²) in [7, 11) is 0. The average Bonchev–Trinajstić information content (AvgIpc) is 2.21. The number of esters is 1. The van der Waals surface area contributed by atoms with Gasteiger partial charge >= 0.3 is 5.97 Å². The molecule has 1 aromatic heterocycles. The molecule has 0 saturated heterocycles. The van der Waals surface area contributed by atoms with Crippen LogP contribution in [0.3, 0.4) is 0 Å². The molecule has 4 nitrogen and oxygen atoms in total. The summed E-state index contributed by atoms with van der Waals surface area (Å²) in [5.74, 6) is -2.12. The van der Waals surface area contributed by atoms with Crippen molar-refractivity contribution in [2.24, 2.45) is 0 Å². The number of alkyl halides is 2. The minimum atomic E-state index is -3.06. The van der Waals surface area contributed by atoms with Gasteiger partial charge in [-0.1, -0.05) is 0 Å². The maximum atomic E-state index is 12.9. The molecule has 94 valence electrons. The van der Waals surface area contributed by atoms with E-state index < -0.39 is 35.9 Å². The maximum Gasteiger partial charge on any atom is 0.310 e. The summed E-state index contributed by atoms with van der Waals surface area (Å²) >= 11 is 0. The van der Waals surface area contributed by atoms with Crippen molar-refractivity contribution < 1.29 is 22.7 Å². The quantitative estimate of drug-likeness (QED) is 0.650. The predicted octanol–water partition coefficient (Wildman–Crippen LogP) is 1.56. The first-order chi connectivity index (χ1) is 7.95. The highest BCUT2D eigenvalue weighted by atomic mass is 19.3. The second-order valence-electron chi connectivity index (χ2n) is 3.18. The lowest BCUT2D eigenvalue weighted by molar-refractivity contribution is -0.142. The van der Waals surface area contributed by atoms with Crippen LogP contribution < -0.4 is 5.56 Å². The molecule has 1 N–H and O–H groups in total. The molecular weight excluding hydrogens is 239 g/mol. The Hall–Kier alpha value is -1.79. The van der Waals surface area contributed by atoms with Crippen molar-refractivity contribution in [3.05, 3.63) is 33.5 Å². The van der Waals surface area contributed by atoms with Crippen molar-refractivity contribution in [1.29, 1.82) is 0 Å². The number of rotatable bonds is 4. The van der Waals surface area contributed by atoms with Gasteiger partial charge in [0.25, 0.3) is 12.0 Å². The van der Waals surface area contributed by atoms with Gasteiger partial charge in [-0.2, -0.15) is 4.39 Å². The van der Waals surface area contributed by atoms with Gasteiger partial charge in [-0.25, -0.2) is 8.78 Å². The number of hydrogen-bond acceptors (Lipinski definition) is 3. The molecule has 0 radical (unpaired) electrons. The minimum Gasteiger partial charge on any atom is -0.466 e. The van der Waals surface area contributed by atoms with Crippen LogP contribution in [0.15, 0.2) is 10.9 Å². The number of ether oxygens (including phenoxy) is 1. The number of H-pyrrole nitrogens is 1. The topological polar surface area (TPSA) is 59.2 Å². The molecule has 0 fully saturated rings. The van der Waals surface area contributed by atoms with E-state index in [2.05, 4.69) is 4.74 Å². The fraction of sp³-hybridized carbons (Fsp3) is 0.400. The van der Waals surface area contributed by atoms with E-state index in [1.165, 1.54) is 0 Å². The third-order valence-electron chi connectivity index (χ3n) is 1.97. The van der Waals surface area contributed by atoms with Crippen molar-refractivity contribution >= 4 is 5.97 Å². The molecular formula is C10H10F3NO3. The molecule has 0 aliphatic rings. The van der Waals surface area contributed by atoms with Crippen LogP contribution in [0.25, 0.3) is 0 Å². The number of aromatic amines is 1. The summed E-state index contributed by atoms with van der Waals surface area (Å²) in [5.41, 5.74) is -2.11. The highest BCUT2D eigenvalue weighted by molar-refractivity contribution is 5.72. The molecule has 0 aromatic carbocycles. The molecule has 0 atom stereocenters. The molecule has 0 aliphatic carbocycles. The van der Waals surface area contributed by atoms with Gasteiger partial charge in [0.2, 0.25) is 5.95 Å². The first kappa shape index (κ1) is 13.3. The van der Waals surface area contributed by atoms with Crippen molar-refractivity contribution in [2.75, 3.05) is 6.61 Å². The van der Waals surface area contributed by atoms with Gasteiger partial charge in [-0.3, -0.25) is 14.6 Å². The number of carbonyl (C=O) groups is 1. The number of hydrogen-bond donors (Lipinski definition) is 1. The molecule has 0 amide bonds. The molecule has 0 aliphatic heterocycles. The fourth-order valence-electron chi connectivity index (χ4n) is 1.23. The van der Waals surface area contributed by atoms with Gasteiger partial charge in [0.1, 0.15) is 0 Å². The SMILES string of the molecule is CCOC(=O)Cc1cc(C(F)F)c(F)[nH]c1=O. The third-order valence-corrected chi connectivity index (χ3v) is 1.97. The van der Waals surface area contributed by atoms with Crippen LogP contribution in [-0.2, 0) is 16.0 Å². The van der Waals surface area contributed by atoms with Crippen LogP contribution >= 0.6 is 0 Å². The zero-order chi connectivity index (χ0) is 13.0. The van der Waals surface area contributed by atoms with Gasteiger partial charge < -0.3 is 4.74 Å². The Morgan fingerprint density at radius 3 is 2.71 bits per heavy atom. The molecule has 0 spiro atoms. The van der Waals surface area contributed by atoms with E-state index in [9.17, 15) is 22.8 Å². The van der Waals surface area contributed by atoms with Crippen molar-refractivity contribution in [2.45, 2.75) is 19.8 Å². The standard InChI is InChI=1S/C10H10F3NO3/c1-2-17-7(15)4-5-3-6(8(11)12)9(13)14-10(5)16/h3,8H,2,4H2,1H3,(H,14,16). The van der Waals surface area contributed by atoms with Crippen molar-refractivity contribution in [3.63, 3.8) is 0 Å². The Kier molecular flexibility index (Phi) is 4.30. The van der Waals surface area contributed by atoms with E-state index >= 15 is 0 Å². The zero-order valence-electron chi connectivity index (χ0n) is 8.93. The highest BCUT2D eigenvalue weighted by Gasteiger charge is 2.18. The average molecular weight is 249 g/mol. The van der Waals surface area contributed by atoms with Crippen LogP contribution in [0.2, 0.25) is 0 Å². The Labute approximate surface area is 94.4 Å². The van der Waals surface area contributed by atoms with Gasteiger partial charge in [0, 0.05) is 5.56 Å². The monoisotopic (exact) mass is 249 g/mol. The van der Waals surface area contributed by atoms with E-state index in [1.807, 2.05) is 0 Å². The number of nitrogens with one attached hydrogen (secondary N) is 1. The molecule has 0 saturated carbocycles. The van der Waals surface area contributed by atoms with E-state index in [0.29, 0.717) is 6.07 Å². The first-order valence-electron chi connectivity index (χ1n) is 4.81. The van der Waals surface area contributed by atoms with Crippen LogP contribution in [0.4, 0.5) is 13.2 Å². The van der Waals surface area contributed by atoms with Gasteiger partial charge in [-0.05, 0) is 13.0 Å². The number of pyridine rings is 1. The molecule has 17 heavy (non-hydrogen) atoms. The highest BCUT2D eigenvalue weighted by Crippen LogP contribution is 2.20. The summed E-state index contributed by atoms with van der Waals surface area (Å²) in [5, 5.41) is 0. The lowest BCUT2D eigenvalue weighted by Gasteiger charge is -2.05. The zero-order valence-corrected chi connectivity index (χ0v) is 8.93. The minimum absolute atomic E-state index is 0.111. The van der Waals surface area contributed by atoms with Crippen LogP contribution in [0.5, 0.6) is 0 Å². The number of halogens is 3. The largest absolute Gasteiger partial charge is 0.466 e. The van der Waals surface area contributed by atoms with E-state index in [1.54, 1.807) is 11.9 Å². The first-order valence-corrected chi connectivity index (χ1v) is 4.81.